The van der Waals surface area contributed by atoms with Gasteiger partial charge in [0.25, 0.3) is 11.8 Å². The van der Waals surface area contributed by atoms with Crippen LogP contribution in [0.4, 0.5) is 5.69 Å². The van der Waals surface area contributed by atoms with Crippen LogP contribution in [0, 0.1) is 0 Å². The van der Waals surface area contributed by atoms with Gasteiger partial charge in [-0.25, -0.2) is 5.01 Å². The van der Waals surface area contributed by atoms with Crippen LogP contribution < -0.4 is 15.2 Å². The van der Waals surface area contributed by atoms with Crippen molar-refractivity contribution in [2.24, 2.45) is 0 Å². The predicted octanol–water partition coefficient (Wildman–Crippen LogP) is 4.38. The van der Waals surface area contributed by atoms with Gasteiger partial charge < -0.3 is 4.74 Å². The Kier molecular flexibility index (Phi) is 5.31. The van der Waals surface area contributed by atoms with E-state index >= 15 is 0 Å². The zero-order chi connectivity index (χ0) is 20.2. The van der Waals surface area contributed by atoms with E-state index < -0.39 is 11.8 Å². The first-order valence-corrected chi connectivity index (χ1v) is 9.37. The zero-order valence-electron chi connectivity index (χ0n) is 15.3. The lowest BCUT2D eigenvalue weighted by molar-refractivity contribution is -0.117. The molecule has 5 nitrogen and oxygen atoms in total. The number of halogens is 1. The molecule has 144 valence electrons. The van der Waals surface area contributed by atoms with Gasteiger partial charge in [0.05, 0.1) is 5.69 Å². The third-order valence-electron chi connectivity index (χ3n) is 4.39. The summed E-state index contributed by atoms with van der Waals surface area (Å²) in [5.74, 6) is -0.194. The fourth-order valence-corrected chi connectivity index (χ4v) is 3.05. The number of hydrogen-bond acceptors (Lipinski definition) is 3. The summed E-state index contributed by atoms with van der Waals surface area (Å²) in [5, 5.41) is 1.92. The summed E-state index contributed by atoms with van der Waals surface area (Å²) in [5.41, 5.74) is 4.96. The lowest BCUT2D eigenvalue weighted by Crippen LogP contribution is -2.35. The number of benzene rings is 3. The Morgan fingerprint density at radius 2 is 1.69 bits per heavy atom. The molecule has 0 aromatic heterocycles. The number of rotatable bonds is 5. The van der Waals surface area contributed by atoms with Crippen LogP contribution in [0.1, 0.15) is 11.1 Å². The monoisotopic (exact) mass is 404 g/mol. The molecule has 0 bridgehead atoms. The average molecular weight is 405 g/mol. The molecule has 0 unspecified atom stereocenters. The largest absolute Gasteiger partial charge is 0.489 e. The summed E-state index contributed by atoms with van der Waals surface area (Å²) in [4.78, 5) is 25.0. The van der Waals surface area contributed by atoms with E-state index in [1.807, 2.05) is 48.5 Å². The van der Waals surface area contributed by atoms with E-state index in [-0.39, 0.29) is 5.57 Å². The molecule has 0 aliphatic carbocycles. The maximum absolute atomic E-state index is 12.7. The Morgan fingerprint density at radius 1 is 0.931 bits per heavy atom. The molecule has 2 amide bonds. The van der Waals surface area contributed by atoms with Gasteiger partial charge in [-0.15, -0.1) is 0 Å². The van der Waals surface area contributed by atoms with Gasteiger partial charge in [-0.1, -0.05) is 54.1 Å². The van der Waals surface area contributed by atoms with Crippen LogP contribution in [0.2, 0.25) is 5.02 Å². The number of nitrogens with zero attached hydrogens (tertiary/aromatic N) is 1. The Hall–Kier alpha value is -3.57. The van der Waals surface area contributed by atoms with Crippen LogP contribution in [-0.4, -0.2) is 11.8 Å². The van der Waals surface area contributed by atoms with Crippen molar-refractivity contribution in [1.82, 2.24) is 5.43 Å². The van der Waals surface area contributed by atoms with Crippen LogP contribution in [0.25, 0.3) is 6.08 Å². The number of para-hydroxylation sites is 1. The molecule has 1 aliphatic heterocycles. The van der Waals surface area contributed by atoms with Crippen LogP contribution in [0.5, 0.6) is 5.75 Å². The molecule has 1 heterocycles. The second-order valence-electron chi connectivity index (χ2n) is 6.46. The molecule has 1 aliphatic rings. The molecule has 4 rings (SSSR count). The molecule has 29 heavy (non-hydrogen) atoms. The molecule has 1 saturated heterocycles. The van der Waals surface area contributed by atoms with Gasteiger partial charge in [0.15, 0.2) is 0 Å². The highest BCUT2D eigenvalue weighted by Crippen LogP contribution is 2.23. The second-order valence-corrected chi connectivity index (χ2v) is 6.90. The molecule has 1 N–H and O–H groups in total. The first-order chi connectivity index (χ1) is 14.1. The zero-order valence-corrected chi connectivity index (χ0v) is 16.1. The summed E-state index contributed by atoms with van der Waals surface area (Å²) < 4.78 is 5.81. The second kappa shape index (κ2) is 8.20. The summed E-state index contributed by atoms with van der Waals surface area (Å²) >= 11 is 5.89. The molecule has 0 spiro atoms. The number of amides is 2. The smallest absolute Gasteiger partial charge is 0.282 e. The minimum absolute atomic E-state index is 0.0729. The maximum atomic E-state index is 12.7. The van der Waals surface area contributed by atoms with Crippen molar-refractivity contribution in [2.75, 3.05) is 5.01 Å². The predicted molar refractivity (Wildman–Crippen MR) is 112 cm³/mol. The van der Waals surface area contributed by atoms with Crippen molar-refractivity contribution in [1.29, 1.82) is 0 Å². The highest BCUT2D eigenvalue weighted by atomic mass is 35.5. The molecule has 6 heteroatoms. The summed E-state index contributed by atoms with van der Waals surface area (Å²) in [6.45, 7) is 0.387. The van der Waals surface area contributed by atoms with E-state index in [2.05, 4.69) is 5.43 Å². The van der Waals surface area contributed by atoms with Gasteiger partial charge in [-0.3, -0.25) is 15.0 Å². The lowest BCUT2D eigenvalue weighted by Gasteiger charge is -2.13. The third-order valence-corrected chi connectivity index (χ3v) is 4.65. The number of carbonyl (C=O) groups is 2. The average Bonchev–Trinajstić information content (AvgIpc) is 3.03. The van der Waals surface area contributed by atoms with Gasteiger partial charge in [0.1, 0.15) is 17.9 Å². The number of carbonyl (C=O) groups excluding carboxylic acids is 2. The van der Waals surface area contributed by atoms with Crippen molar-refractivity contribution < 1.29 is 14.3 Å². The Labute approximate surface area is 173 Å². The first-order valence-electron chi connectivity index (χ1n) is 9.00. The van der Waals surface area contributed by atoms with Crippen molar-refractivity contribution in [3.05, 3.63) is 101 Å². The molecular weight excluding hydrogens is 388 g/mol. The van der Waals surface area contributed by atoms with Gasteiger partial charge in [-0.05, 0) is 53.6 Å². The lowest BCUT2D eigenvalue weighted by atomic mass is 10.1. The van der Waals surface area contributed by atoms with E-state index in [9.17, 15) is 9.59 Å². The van der Waals surface area contributed by atoms with Gasteiger partial charge in [-0.2, -0.15) is 0 Å². The van der Waals surface area contributed by atoms with Crippen molar-refractivity contribution >= 4 is 35.2 Å². The minimum Gasteiger partial charge on any atom is -0.489 e. The number of anilines is 1. The Morgan fingerprint density at radius 3 is 2.45 bits per heavy atom. The quantitative estimate of drug-likeness (QED) is 0.507. The topological polar surface area (TPSA) is 58.6 Å². The summed E-state index contributed by atoms with van der Waals surface area (Å²) in [7, 11) is 0. The number of hydrazine groups is 1. The van der Waals surface area contributed by atoms with E-state index in [1.165, 1.54) is 5.01 Å². The van der Waals surface area contributed by atoms with Crippen LogP contribution in [0.15, 0.2) is 84.4 Å². The molecule has 1 fully saturated rings. The maximum Gasteiger partial charge on any atom is 0.282 e. The molecule has 3 aromatic carbocycles. The van der Waals surface area contributed by atoms with Crippen molar-refractivity contribution in [3.8, 4) is 5.75 Å². The van der Waals surface area contributed by atoms with Crippen LogP contribution in [0.3, 0.4) is 0 Å². The number of hydrogen-bond donors (Lipinski definition) is 1. The molecule has 3 aromatic rings. The van der Waals surface area contributed by atoms with Crippen molar-refractivity contribution in [3.63, 3.8) is 0 Å². The van der Waals surface area contributed by atoms with Crippen LogP contribution >= 0.6 is 11.6 Å². The first kappa shape index (κ1) is 18.8. The minimum atomic E-state index is -0.439. The van der Waals surface area contributed by atoms with E-state index in [1.54, 1.807) is 36.4 Å². The molecular formula is C23H17ClN2O3. The van der Waals surface area contributed by atoms with Crippen molar-refractivity contribution in [2.45, 2.75) is 6.61 Å². The molecule has 0 radical (unpaired) electrons. The SMILES string of the molecule is O=C1NN(c2ccccc2)C(=O)/C1=C\c1cccc(OCc2ccc(Cl)cc2)c1. The highest BCUT2D eigenvalue weighted by molar-refractivity contribution is 6.31. The fraction of sp³-hybridized carbons (Fsp3) is 0.0435. The molecule has 0 saturated carbocycles. The fourth-order valence-electron chi connectivity index (χ4n) is 2.92. The van der Waals surface area contributed by atoms with Gasteiger partial charge >= 0.3 is 0 Å². The number of ether oxygens (including phenoxy) is 1. The van der Waals surface area contributed by atoms with Crippen LogP contribution in [-0.2, 0) is 16.2 Å². The standard InChI is InChI=1S/C23H17ClN2O3/c24-18-11-9-16(10-12-18)15-29-20-8-4-5-17(13-20)14-21-22(27)25-26(23(21)28)19-6-2-1-3-7-19/h1-14H,15H2,(H,25,27)/b21-14-. The van der Waals surface area contributed by atoms with Gasteiger partial charge in [0, 0.05) is 5.02 Å². The Bertz CT molecular complexity index is 1080. The Balaban J connectivity index is 1.50. The summed E-state index contributed by atoms with van der Waals surface area (Å²) in [6.07, 6.45) is 1.57. The number of nitrogens with one attached hydrogen (secondary N) is 1. The van der Waals surface area contributed by atoms with Gasteiger partial charge in [0.2, 0.25) is 0 Å². The van der Waals surface area contributed by atoms with E-state index in [4.69, 9.17) is 16.3 Å². The third kappa shape index (κ3) is 4.31. The van der Waals surface area contributed by atoms with E-state index in [0.717, 1.165) is 5.56 Å². The highest BCUT2D eigenvalue weighted by Gasteiger charge is 2.34. The normalized spacial score (nSPS) is 14.9. The van der Waals surface area contributed by atoms with E-state index in [0.29, 0.717) is 28.6 Å². The molecule has 0 atom stereocenters. The summed E-state index contributed by atoms with van der Waals surface area (Å²) in [6, 6.07) is 23.6.